The normalized spacial score (nSPS) is 19.8. The Labute approximate surface area is 155 Å². The maximum Gasteiger partial charge on any atom is 0.320 e. The highest BCUT2D eigenvalue weighted by molar-refractivity contribution is 9.10. The van der Waals surface area contributed by atoms with Crippen molar-refractivity contribution in [1.82, 2.24) is 4.90 Å². The lowest BCUT2D eigenvalue weighted by Crippen LogP contribution is -2.46. The van der Waals surface area contributed by atoms with E-state index < -0.39 is 12.0 Å². The third-order valence-electron chi connectivity index (χ3n) is 4.51. The molecule has 24 heavy (non-hydrogen) atoms. The van der Waals surface area contributed by atoms with Gasteiger partial charge in [-0.05, 0) is 54.8 Å². The first kappa shape index (κ1) is 17.5. The summed E-state index contributed by atoms with van der Waals surface area (Å²) in [5.41, 5.74) is 2.10. The van der Waals surface area contributed by atoms with E-state index in [1.165, 1.54) is 0 Å². The molecule has 2 aromatic rings. The highest BCUT2D eigenvalue weighted by atomic mass is 79.9. The number of carbonyl (C=O) groups is 1. The van der Waals surface area contributed by atoms with Crippen LogP contribution in [0.5, 0.6) is 0 Å². The number of piperidine rings is 1. The van der Waals surface area contributed by atoms with E-state index in [4.69, 9.17) is 11.6 Å². The quantitative estimate of drug-likeness (QED) is 0.762. The molecule has 0 radical (unpaired) electrons. The molecule has 1 saturated heterocycles. The van der Waals surface area contributed by atoms with Gasteiger partial charge in [0, 0.05) is 9.50 Å². The van der Waals surface area contributed by atoms with Gasteiger partial charge in [-0.25, -0.2) is 0 Å². The SMILES string of the molecule is O=C(O)C1CCCCN1C(c1ccc(Br)cc1)c1cccc(Cl)c1. The monoisotopic (exact) mass is 407 g/mol. The molecule has 3 nitrogen and oxygen atoms in total. The number of carboxylic acids is 1. The van der Waals surface area contributed by atoms with Gasteiger partial charge in [-0.15, -0.1) is 0 Å². The van der Waals surface area contributed by atoms with Crippen molar-refractivity contribution in [2.45, 2.75) is 31.3 Å². The molecule has 1 N–H and O–H groups in total. The van der Waals surface area contributed by atoms with Gasteiger partial charge in [0.1, 0.15) is 6.04 Å². The fraction of sp³-hybridized carbons (Fsp3) is 0.316. The topological polar surface area (TPSA) is 40.5 Å². The molecule has 0 saturated carbocycles. The van der Waals surface area contributed by atoms with E-state index in [0.717, 1.165) is 35.0 Å². The van der Waals surface area contributed by atoms with E-state index >= 15 is 0 Å². The van der Waals surface area contributed by atoms with Gasteiger partial charge in [0.15, 0.2) is 0 Å². The predicted octanol–water partition coefficient (Wildman–Crippen LogP) is 5.13. The summed E-state index contributed by atoms with van der Waals surface area (Å²) in [4.78, 5) is 13.9. The number of benzene rings is 2. The summed E-state index contributed by atoms with van der Waals surface area (Å²) in [6, 6.07) is 15.2. The lowest BCUT2D eigenvalue weighted by Gasteiger charge is -2.39. The molecule has 2 aromatic carbocycles. The Balaban J connectivity index is 2.07. The van der Waals surface area contributed by atoms with Gasteiger partial charge in [0.25, 0.3) is 0 Å². The van der Waals surface area contributed by atoms with E-state index in [1.807, 2.05) is 48.5 Å². The predicted molar refractivity (Wildman–Crippen MR) is 99.4 cm³/mol. The number of rotatable bonds is 4. The van der Waals surface area contributed by atoms with Crippen molar-refractivity contribution >= 4 is 33.5 Å². The zero-order valence-electron chi connectivity index (χ0n) is 13.2. The van der Waals surface area contributed by atoms with Gasteiger partial charge in [0.2, 0.25) is 0 Å². The summed E-state index contributed by atoms with van der Waals surface area (Å²) in [7, 11) is 0. The number of aliphatic carboxylic acids is 1. The Morgan fingerprint density at radius 3 is 2.58 bits per heavy atom. The fourth-order valence-corrected chi connectivity index (χ4v) is 3.89. The second-order valence-corrected chi connectivity index (χ2v) is 7.45. The molecular formula is C19H19BrClNO2. The van der Waals surface area contributed by atoms with Crippen molar-refractivity contribution in [3.8, 4) is 0 Å². The largest absolute Gasteiger partial charge is 0.480 e. The highest BCUT2D eigenvalue weighted by Crippen LogP contribution is 2.35. The average Bonchev–Trinajstić information content (AvgIpc) is 2.57. The number of carboxylic acid groups (broad SMARTS) is 1. The molecule has 5 heteroatoms. The van der Waals surface area contributed by atoms with Crippen molar-refractivity contribution in [2.24, 2.45) is 0 Å². The van der Waals surface area contributed by atoms with Gasteiger partial charge in [0.05, 0.1) is 6.04 Å². The van der Waals surface area contributed by atoms with Crippen molar-refractivity contribution in [3.05, 3.63) is 69.2 Å². The van der Waals surface area contributed by atoms with Crippen LogP contribution < -0.4 is 0 Å². The van der Waals surface area contributed by atoms with Crippen LogP contribution in [-0.2, 0) is 4.79 Å². The lowest BCUT2D eigenvalue weighted by molar-refractivity contribution is -0.145. The zero-order chi connectivity index (χ0) is 17.1. The van der Waals surface area contributed by atoms with Crippen molar-refractivity contribution in [2.75, 3.05) is 6.54 Å². The fourth-order valence-electron chi connectivity index (χ4n) is 3.43. The number of likely N-dealkylation sites (tertiary alicyclic amines) is 1. The minimum atomic E-state index is -0.751. The van der Waals surface area contributed by atoms with Crippen molar-refractivity contribution < 1.29 is 9.90 Å². The summed E-state index contributed by atoms with van der Waals surface area (Å²) >= 11 is 9.66. The first-order valence-corrected chi connectivity index (χ1v) is 9.23. The summed E-state index contributed by atoms with van der Waals surface area (Å²) in [5, 5.41) is 10.3. The van der Waals surface area contributed by atoms with E-state index in [-0.39, 0.29) is 6.04 Å². The second kappa shape index (κ2) is 7.68. The first-order valence-electron chi connectivity index (χ1n) is 8.06. The smallest absolute Gasteiger partial charge is 0.320 e. The first-order chi connectivity index (χ1) is 11.6. The van der Waals surface area contributed by atoms with E-state index in [9.17, 15) is 9.90 Å². The molecule has 126 valence electrons. The lowest BCUT2D eigenvalue weighted by atomic mass is 9.92. The summed E-state index contributed by atoms with van der Waals surface area (Å²) in [5.74, 6) is -0.751. The molecule has 1 fully saturated rings. The molecule has 2 unspecified atom stereocenters. The van der Waals surface area contributed by atoms with Crippen LogP contribution in [-0.4, -0.2) is 28.6 Å². The molecule has 1 heterocycles. The molecule has 0 bridgehead atoms. The summed E-state index contributed by atoms with van der Waals surface area (Å²) in [6.45, 7) is 0.768. The number of nitrogens with zero attached hydrogens (tertiary/aromatic N) is 1. The van der Waals surface area contributed by atoms with E-state index in [0.29, 0.717) is 11.4 Å². The second-order valence-electron chi connectivity index (χ2n) is 6.10. The standard InChI is InChI=1S/C19H19BrClNO2/c20-15-9-7-13(8-10-15)18(14-4-3-5-16(21)12-14)22-11-2-1-6-17(22)19(23)24/h3-5,7-10,12,17-18H,1-2,6,11H2,(H,23,24). The zero-order valence-corrected chi connectivity index (χ0v) is 15.5. The van der Waals surface area contributed by atoms with Crippen LogP contribution in [0.2, 0.25) is 5.02 Å². The van der Waals surface area contributed by atoms with Crippen LogP contribution in [0.25, 0.3) is 0 Å². The molecule has 3 rings (SSSR count). The van der Waals surface area contributed by atoms with Gasteiger partial charge >= 0.3 is 5.97 Å². The Hall–Kier alpha value is -1.36. The average molecular weight is 409 g/mol. The third-order valence-corrected chi connectivity index (χ3v) is 5.27. The molecule has 0 aromatic heterocycles. The third kappa shape index (κ3) is 3.82. The van der Waals surface area contributed by atoms with Crippen LogP contribution in [0.15, 0.2) is 53.0 Å². The maximum atomic E-state index is 11.8. The Bertz CT molecular complexity index is 720. The maximum absolute atomic E-state index is 11.8. The number of hydrogen-bond donors (Lipinski definition) is 1. The van der Waals surface area contributed by atoms with Crippen LogP contribution in [0, 0.1) is 0 Å². The molecule has 0 aliphatic carbocycles. The number of hydrogen-bond acceptors (Lipinski definition) is 2. The summed E-state index contributed by atoms with van der Waals surface area (Å²) < 4.78 is 1.00. The van der Waals surface area contributed by atoms with Gasteiger partial charge in [-0.1, -0.05) is 58.2 Å². The minimum Gasteiger partial charge on any atom is -0.480 e. The minimum absolute atomic E-state index is 0.113. The van der Waals surface area contributed by atoms with E-state index in [1.54, 1.807) is 0 Å². The van der Waals surface area contributed by atoms with Crippen LogP contribution in [0.4, 0.5) is 0 Å². The van der Waals surface area contributed by atoms with Gasteiger partial charge in [-0.3, -0.25) is 9.69 Å². The van der Waals surface area contributed by atoms with Crippen LogP contribution in [0.1, 0.15) is 36.4 Å². The molecule has 2 atom stereocenters. The molecule has 1 aliphatic heterocycles. The van der Waals surface area contributed by atoms with Gasteiger partial charge < -0.3 is 5.11 Å². The van der Waals surface area contributed by atoms with E-state index in [2.05, 4.69) is 20.8 Å². The van der Waals surface area contributed by atoms with Crippen LogP contribution in [0.3, 0.4) is 0 Å². The highest BCUT2D eigenvalue weighted by Gasteiger charge is 2.35. The Morgan fingerprint density at radius 1 is 1.17 bits per heavy atom. The molecule has 0 amide bonds. The van der Waals surface area contributed by atoms with Crippen LogP contribution >= 0.6 is 27.5 Å². The Morgan fingerprint density at radius 2 is 1.92 bits per heavy atom. The van der Waals surface area contributed by atoms with Crippen molar-refractivity contribution in [3.63, 3.8) is 0 Å². The molecule has 1 aliphatic rings. The Kier molecular flexibility index (Phi) is 5.59. The molecular weight excluding hydrogens is 390 g/mol. The summed E-state index contributed by atoms with van der Waals surface area (Å²) in [6.07, 6.45) is 2.65. The van der Waals surface area contributed by atoms with Crippen molar-refractivity contribution in [1.29, 1.82) is 0 Å². The molecule has 0 spiro atoms. The number of halogens is 2. The van der Waals surface area contributed by atoms with Gasteiger partial charge in [-0.2, -0.15) is 0 Å².